The number of amides is 2. The molecule has 0 aliphatic heterocycles. The molecular weight excluding hydrogens is 255 g/mol. The summed E-state index contributed by atoms with van der Waals surface area (Å²) in [5.74, 6) is -1.24. The molecule has 1 aromatic rings. The fourth-order valence-corrected chi connectivity index (χ4v) is 1.18. The molecule has 1 rings (SSSR count). The highest BCUT2D eigenvalue weighted by Crippen LogP contribution is 2.15. The first-order chi connectivity index (χ1) is 7.41. The molecule has 0 radical (unpaired) electrons. The molecular formula is C8H8Cl2N4O2. The van der Waals surface area contributed by atoms with E-state index in [2.05, 4.69) is 15.5 Å². The predicted octanol–water partition coefficient (Wildman–Crippen LogP) is 0.387. The zero-order valence-electron chi connectivity index (χ0n) is 8.20. The molecule has 0 spiro atoms. The van der Waals surface area contributed by atoms with Crippen molar-refractivity contribution < 1.29 is 9.59 Å². The van der Waals surface area contributed by atoms with Gasteiger partial charge in [-0.25, -0.2) is 0 Å². The van der Waals surface area contributed by atoms with Gasteiger partial charge in [-0.2, -0.15) is 0 Å². The van der Waals surface area contributed by atoms with Crippen LogP contribution in [-0.4, -0.2) is 28.1 Å². The fourth-order valence-electron chi connectivity index (χ4n) is 0.858. The van der Waals surface area contributed by atoms with E-state index in [1.807, 2.05) is 0 Å². The molecule has 2 amide bonds. The number of hydrogen-bond acceptors (Lipinski definition) is 4. The van der Waals surface area contributed by atoms with Crippen molar-refractivity contribution in [2.24, 2.45) is 5.73 Å². The van der Waals surface area contributed by atoms with E-state index in [0.29, 0.717) is 0 Å². The molecule has 0 saturated heterocycles. The maximum Gasteiger partial charge on any atom is 0.255 e. The third-order valence-electron chi connectivity index (χ3n) is 1.74. The molecule has 0 aliphatic rings. The summed E-state index contributed by atoms with van der Waals surface area (Å²) in [6, 6.07) is 0.440. The van der Waals surface area contributed by atoms with E-state index in [9.17, 15) is 9.59 Å². The largest absolute Gasteiger partial charge is 0.368 e. The van der Waals surface area contributed by atoms with E-state index < -0.39 is 17.9 Å². The van der Waals surface area contributed by atoms with Crippen LogP contribution in [0.15, 0.2) is 6.07 Å². The number of nitrogens with one attached hydrogen (secondary N) is 1. The molecule has 86 valence electrons. The molecule has 1 unspecified atom stereocenters. The number of halogens is 2. The van der Waals surface area contributed by atoms with Crippen LogP contribution in [0.5, 0.6) is 0 Å². The first-order valence-corrected chi connectivity index (χ1v) is 4.96. The number of carbonyl (C=O) groups excluding carboxylic acids is 2. The van der Waals surface area contributed by atoms with Crippen LogP contribution in [0.25, 0.3) is 0 Å². The number of primary amides is 1. The van der Waals surface area contributed by atoms with Gasteiger partial charge in [0.15, 0.2) is 10.3 Å². The minimum atomic E-state index is -0.810. The molecule has 0 aromatic carbocycles. The van der Waals surface area contributed by atoms with E-state index in [1.54, 1.807) is 0 Å². The second kappa shape index (κ2) is 5.09. The van der Waals surface area contributed by atoms with Gasteiger partial charge in [-0.15, -0.1) is 10.2 Å². The highest BCUT2D eigenvalue weighted by atomic mass is 35.5. The van der Waals surface area contributed by atoms with E-state index in [0.717, 1.165) is 0 Å². The maximum atomic E-state index is 11.6. The van der Waals surface area contributed by atoms with Crippen LogP contribution in [0.1, 0.15) is 17.3 Å². The summed E-state index contributed by atoms with van der Waals surface area (Å²) in [5.41, 5.74) is 5.03. The third-order valence-corrected chi connectivity index (χ3v) is 2.20. The molecule has 6 nitrogen and oxygen atoms in total. The van der Waals surface area contributed by atoms with Crippen molar-refractivity contribution in [2.75, 3.05) is 0 Å². The topological polar surface area (TPSA) is 98.0 Å². The number of hydrogen-bond donors (Lipinski definition) is 2. The second-order valence-electron chi connectivity index (χ2n) is 2.97. The summed E-state index contributed by atoms with van der Waals surface area (Å²) in [5, 5.41) is 9.18. The lowest BCUT2D eigenvalue weighted by Gasteiger charge is -2.10. The van der Waals surface area contributed by atoms with Crippen LogP contribution in [0.2, 0.25) is 10.3 Å². The van der Waals surface area contributed by atoms with Crippen molar-refractivity contribution in [2.45, 2.75) is 13.0 Å². The zero-order chi connectivity index (χ0) is 12.3. The van der Waals surface area contributed by atoms with Gasteiger partial charge in [-0.1, -0.05) is 23.2 Å². The van der Waals surface area contributed by atoms with Crippen molar-refractivity contribution in [3.05, 3.63) is 21.9 Å². The Hall–Kier alpha value is -1.40. The predicted molar refractivity (Wildman–Crippen MR) is 58.2 cm³/mol. The Bertz CT molecular complexity index is 438. The van der Waals surface area contributed by atoms with Crippen LogP contribution >= 0.6 is 23.2 Å². The highest BCUT2D eigenvalue weighted by molar-refractivity contribution is 6.34. The van der Waals surface area contributed by atoms with E-state index in [-0.39, 0.29) is 15.9 Å². The van der Waals surface area contributed by atoms with Crippen LogP contribution in [0, 0.1) is 0 Å². The van der Waals surface area contributed by atoms with Crippen LogP contribution in [0.3, 0.4) is 0 Å². The quantitative estimate of drug-likeness (QED) is 0.823. The van der Waals surface area contributed by atoms with Crippen molar-refractivity contribution in [1.29, 1.82) is 0 Å². The van der Waals surface area contributed by atoms with Gasteiger partial charge >= 0.3 is 0 Å². The summed E-state index contributed by atoms with van der Waals surface area (Å²) in [6.07, 6.45) is 0. The fraction of sp³-hybridized carbons (Fsp3) is 0.250. The van der Waals surface area contributed by atoms with Gasteiger partial charge < -0.3 is 11.1 Å². The lowest BCUT2D eigenvalue weighted by atomic mass is 10.2. The summed E-state index contributed by atoms with van der Waals surface area (Å²) >= 11 is 11.2. The molecule has 0 fully saturated rings. The van der Waals surface area contributed by atoms with Crippen LogP contribution in [0.4, 0.5) is 0 Å². The van der Waals surface area contributed by atoms with Gasteiger partial charge in [-0.05, 0) is 13.0 Å². The summed E-state index contributed by atoms with van der Waals surface area (Å²) in [4.78, 5) is 22.3. The lowest BCUT2D eigenvalue weighted by molar-refractivity contribution is -0.119. The average Bonchev–Trinajstić information content (AvgIpc) is 2.21. The molecule has 1 heterocycles. The normalized spacial score (nSPS) is 11.9. The Kier molecular flexibility index (Phi) is 4.03. The monoisotopic (exact) mass is 262 g/mol. The van der Waals surface area contributed by atoms with Gasteiger partial charge in [0.2, 0.25) is 5.91 Å². The maximum absolute atomic E-state index is 11.6. The van der Waals surface area contributed by atoms with Gasteiger partial charge in [0, 0.05) is 0 Å². The number of nitrogens with zero attached hydrogens (tertiary/aromatic N) is 2. The number of carbonyl (C=O) groups is 2. The zero-order valence-corrected chi connectivity index (χ0v) is 9.71. The van der Waals surface area contributed by atoms with Gasteiger partial charge in [0.1, 0.15) is 6.04 Å². The minimum Gasteiger partial charge on any atom is -0.368 e. The van der Waals surface area contributed by atoms with E-state index in [4.69, 9.17) is 28.9 Å². The molecule has 1 aromatic heterocycles. The molecule has 0 saturated carbocycles. The molecule has 0 aliphatic carbocycles. The molecule has 3 N–H and O–H groups in total. The van der Waals surface area contributed by atoms with Crippen LogP contribution in [-0.2, 0) is 4.79 Å². The van der Waals surface area contributed by atoms with Crippen molar-refractivity contribution >= 4 is 35.0 Å². The number of aromatic nitrogens is 2. The minimum absolute atomic E-state index is 0.0290. The summed E-state index contributed by atoms with van der Waals surface area (Å²) in [6.45, 7) is 1.45. The first-order valence-electron chi connectivity index (χ1n) is 4.20. The lowest BCUT2D eigenvalue weighted by Crippen LogP contribution is -2.42. The van der Waals surface area contributed by atoms with Gasteiger partial charge in [0.25, 0.3) is 5.91 Å². The second-order valence-corrected chi connectivity index (χ2v) is 3.71. The number of rotatable bonds is 3. The standard InChI is InChI=1S/C8H8Cl2N4O2/c1-3(7(11)15)12-8(16)4-2-5(9)13-14-6(4)10/h2-3H,1H3,(H2,11,15)(H,12,16). The van der Waals surface area contributed by atoms with Gasteiger partial charge in [0.05, 0.1) is 5.56 Å². The van der Waals surface area contributed by atoms with E-state index >= 15 is 0 Å². The van der Waals surface area contributed by atoms with Crippen molar-refractivity contribution in [1.82, 2.24) is 15.5 Å². The Morgan fingerprint density at radius 1 is 1.44 bits per heavy atom. The molecule has 0 bridgehead atoms. The van der Waals surface area contributed by atoms with Crippen molar-refractivity contribution in [3.63, 3.8) is 0 Å². The Balaban J connectivity index is 2.88. The van der Waals surface area contributed by atoms with Crippen LogP contribution < -0.4 is 11.1 Å². The average molecular weight is 263 g/mol. The van der Waals surface area contributed by atoms with E-state index in [1.165, 1.54) is 13.0 Å². The molecule has 8 heteroatoms. The Labute approximate surface area is 101 Å². The Morgan fingerprint density at radius 2 is 2.06 bits per heavy atom. The van der Waals surface area contributed by atoms with Crippen molar-refractivity contribution in [3.8, 4) is 0 Å². The smallest absolute Gasteiger partial charge is 0.255 e. The SMILES string of the molecule is CC(NC(=O)c1cc(Cl)nnc1Cl)C(N)=O. The number of nitrogens with two attached hydrogens (primary N) is 1. The van der Waals surface area contributed by atoms with Gasteiger partial charge in [-0.3, -0.25) is 9.59 Å². The summed E-state index contributed by atoms with van der Waals surface area (Å²) < 4.78 is 0. The highest BCUT2D eigenvalue weighted by Gasteiger charge is 2.17. The molecule has 16 heavy (non-hydrogen) atoms. The summed E-state index contributed by atoms with van der Waals surface area (Å²) in [7, 11) is 0. The molecule has 1 atom stereocenters. The first kappa shape index (κ1) is 12.7. The third kappa shape index (κ3) is 3.04. The Morgan fingerprint density at radius 3 is 2.62 bits per heavy atom.